The third-order valence-corrected chi connectivity index (χ3v) is 7.48. The standard InChI is InChI=1S/C17H23F2N5O4S/c1-11(18)15-13(10-23(3)21-15)29(26,27)17(2,19)12-4-7-24(8-5-12)16(25)20-14-6-9-28-22-14/h6,9-12H,4-5,7-8H2,1-3H3,(H,20,22,25)/t11?,17-/m1/s1. The Kier molecular flexibility index (Phi) is 5.65. The molecule has 2 aromatic rings. The van der Waals surface area contributed by atoms with E-state index in [4.69, 9.17) is 0 Å². The van der Waals surface area contributed by atoms with Gasteiger partial charge in [0.2, 0.25) is 14.8 Å². The number of hydrogen-bond acceptors (Lipinski definition) is 6. The maximum absolute atomic E-state index is 15.6. The second-order valence-corrected chi connectivity index (χ2v) is 9.48. The van der Waals surface area contributed by atoms with Crippen LogP contribution in [0.5, 0.6) is 0 Å². The number of aryl methyl sites for hydroxylation is 1. The zero-order valence-electron chi connectivity index (χ0n) is 16.3. The Morgan fingerprint density at radius 1 is 1.41 bits per heavy atom. The van der Waals surface area contributed by atoms with Crippen molar-refractivity contribution in [2.75, 3.05) is 18.4 Å². The molecule has 3 rings (SSSR count). The van der Waals surface area contributed by atoms with Crippen LogP contribution in [0.15, 0.2) is 27.9 Å². The molecule has 0 spiro atoms. The van der Waals surface area contributed by atoms with Crippen molar-refractivity contribution in [1.29, 1.82) is 0 Å². The van der Waals surface area contributed by atoms with Gasteiger partial charge in [-0.2, -0.15) is 5.10 Å². The summed E-state index contributed by atoms with van der Waals surface area (Å²) in [7, 11) is -3.05. The van der Waals surface area contributed by atoms with Crippen LogP contribution in [-0.4, -0.2) is 52.4 Å². The number of aromatic nitrogens is 3. The zero-order chi connectivity index (χ0) is 21.4. The minimum Gasteiger partial charge on any atom is -0.363 e. The Morgan fingerprint density at radius 3 is 2.62 bits per heavy atom. The Labute approximate surface area is 166 Å². The fourth-order valence-electron chi connectivity index (χ4n) is 3.46. The monoisotopic (exact) mass is 431 g/mol. The first-order chi connectivity index (χ1) is 13.5. The van der Waals surface area contributed by atoms with Gasteiger partial charge in [-0.05, 0) is 26.7 Å². The number of nitrogens with one attached hydrogen (secondary N) is 1. The SMILES string of the molecule is CC(F)c1nn(C)cc1S(=O)(=O)[C@@](C)(F)C1CCN(C(=O)Nc2ccon2)CC1. The molecule has 2 aromatic heterocycles. The van der Waals surface area contributed by atoms with E-state index in [1.54, 1.807) is 0 Å². The number of hydrogen-bond donors (Lipinski definition) is 1. The number of halogens is 2. The predicted molar refractivity (Wildman–Crippen MR) is 99.2 cm³/mol. The van der Waals surface area contributed by atoms with Crippen molar-refractivity contribution >= 4 is 21.7 Å². The van der Waals surface area contributed by atoms with Gasteiger partial charge in [0.05, 0.1) is 0 Å². The molecule has 2 atom stereocenters. The van der Waals surface area contributed by atoms with Gasteiger partial charge in [-0.3, -0.25) is 10.00 Å². The van der Waals surface area contributed by atoms with Crippen LogP contribution in [0.1, 0.15) is 38.6 Å². The topological polar surface area (TPSA) is 110 Å². The molecule has 1 saturated heterocycles. The quantitative estimate of drug-likeness (QED) is 0.779. The van der Waals surface area contributed by atoms with E-state index >= 15 is 4.39 Å². The zero-order valence-corrected chi connectivity index (χ0v) is 17.1. The van der Waals surface area contributed by atoms with E-state index in [-0.39, 0.29) is 37.4 Å². The van der Waals surface area contributed by atoms with Crippen molar-refractivity contribution in [2.45, 2.75) is 42.8 Å². The Morgan fingerprint density at radius 2 is 2.07 bits per heavy atom. The molecular formula is C17H23F2N5O4S. The third kappa shape index (κ3) is 3.98. The van der Waals surface area contributed by atoms with E-state index in [9.17, 15) is 17.6 Å². The molecule has 0 saturated carbocycles. The summed E-state index contributed by atoms with van der Waals surface area (Å²) in [6.45, 7) is 2.49. The first-order valence-electron chi connectivity index (χ1n) is 9.11. The largest absolute Gasteiger partial charge is 0.363 e. The van der Waals surface area contributed by atoms with Gasteiger partial charge in [0, 0.05) is 38.3 Å². The molecule has 0 bridgehead atoms. The predicted octanol–water partition coefficient (Wildman–Crippen LogP) is 2.84. The van der Waals surface area contributed by atoms with E-state index in [2.05, 4.69) is 20.1 Å². The highest BCUT2D eigenvalue weighted by Crippen LogP contribution is 2.41. The van der Waals surface area contributed by atoms with Crippen LogP contribution >= 0.6 is 0 Å². The fraction of sp³-hybridized carbons (Fsp3) is 0.588. The molecule has 1 aliphatic heterocycles. The second-order valence-electron chi connectivity index (χ2n) is 7.23. The summed E-state index contributed by atoms with van der Waals surface area (Å²) in [5.74, 6) is -0.606. The number of urea groups is 1. The van der Waals surface area contributed by atoms with Crippen molar-refractivity contribution in [2.24, 2.45) is 13.0 Å². The normalized spacial score (nSPS) is 19.0. The number of carbonyl (C=O) groups excluding carboxylic acids is 1. The van der Waals surface area contributed by atoms with Gasteiger partial charge in [-0.25, -0.2) is 22.0 Å². The summed E-state index contributed by atoms with van der Waals surface area (Å²) < 4.78 is 61.3. The van der Waals surface area contributed by atoms with Gasteiger partial charge in [0.1, 0.15) is 23.0 Å². The smallest absolute Gasteiger partial charge is 0.323 e. The van der Waals surface area contributed by atoms with E-state index in [1.807, 2.05) is 0 Å². The van der Waals surface area contributed by atoms with Crippen LogP contribution in [0.25, 0.3) is 0 Å². The summed E-state index contributed by atoms with van der Waals surface area (Å²) in [5, 5.41) is 7.32. The number of amides is 2. The maximum Gasteiger partial charge on any atom is 0.323 e. The lowest BCUT2D eigenvalue weighted by atomic mass is 9.92. The molecule has 1 aliphatic rings. The van der Waals surface area contributed by atoms with Crippen LogP contribution < -0.4 is 5.32 Å². The number of rotatable bonds is 5. The molecule has 1 fully saturated rings. The van der Waals surface area contributed by atoms with E-state index in [0.29, 0.717) is 0 Å². The van der Waals surface area contributed by atoms with Gasteiger partial charge in [0.25, 0.3) is 0 Å². The fourth-order valence-corrected chi connectivity index (χ4v) is 5.34. The van der Waals surface area contributed by atoms with Crippen molar-refractivity contribution in [3.63, 3.8) is 0 Å². The molecule has 29 heavy (non-hydrogen) atoms. The van der Waals surface area contributed by atoms with Crippen LogP contribution in [0.3, 0.4) is 0 Å². The van der Waals surface area contributed by atoms with Crippen molar-refractivity contribution in [3.8, 4) is 0 Å². The molecule has 0 aliphatic carbocycles. The summed E-state index contributed by atoms with van der Waals surface area (Å²) >= 11 is 0. The lowest BCUT2D eigenvalue weighted by Crippen LogP contribution is -2.48. The van der Waals surface area contributed by atoms with Gasteiger partial charge in [-0.15, -0.1) is 0 Å². The minimum absolute atomic E-state index is 0.138. The van der Waals surface area contributed by atoms with Crippen molar-refractivity contribution in [1.82, 2.24) is 19.8 Å². The van der Waals surface area contributed by atoms with E-state index in [0.717, 1.165) is 24.7 Å². The average Bonchev–Trinajstić information content (AvgIpc) is 3.31. The number of sulfone groups is 1. The van der Waals surface area contributed by atoms with Gasteiger partial charge in [0.15, 0.2) is 5.82 Å². The number of anilines is 1. The third-order valence-electron chi connectivity index (χ3n) is 5.20. The van der Waals surface area contributed by atoms with Gasteiger partial charge in [-0.1, -0.05) is 5.16 Å². The summed E-state index contributed by atoms with van der Waals surface area (Å²) in [4.78, 5) is 13.2. The molecular weight excluding hydrogens is 408 g/mol. The van der Waals surface area contributed by atoms with Crippen molar-refractivity contribution in [3.05, 3.63) is 24.2 Å². The highest BCUT2D eigenvalue weighted by atomic mass is 32.2. The van der Waals surface area contributed by atoms with E-state index < -0.39 is 37.9 Å². The summed E-state index contributed by atoms with van der Waals surface area (Å²) in [6, 6.07) is 1.05. The molecule has 0 radical (unpaired) electrons. The number of nitrogens with zero attached hydrogens (tertiary/aromatic N) is 4. The minimum atomic E-state index is -4.50. The molecule has 3 heterocycles. The van der Waals surface area contributed by atoms with Gasteiger partial charge < -0.3 is 9.42 Å². The number of likely N-dealkylation sites (tertiary alicyclic amines) is 1. The van der Waals surface area contributed by atoms with Crippen LogP contribution in [0.4, 0.5) is 19.4 Å². The highest BCUT2D eigenvalue weighted by molar-refractivity contribution is 7.92. The number of carbonyl (C=O) groups is 1. The van der Waals surface area contributed by atoms with E-state index in [1.165, 1.54) is 24.3 Å². The Balaban J connectivity index is 1.73. The van der Waals surface area contributed by atoms with Crippen LogP contribution in [0.2, 0.25) is 0 Å². The molecule has 9 nitrogen and oxygen atoms in total. The highest BCUT2D eigenvalue weighted by Gasteiger charge is 2.50. The Bertz CT molecular complexity index is 964. The molecule has 1 N–H and O–H groups in total. The number of alkyl halides is 2. The lowest BCUT2D eigenvalue weighted by molar-refractivity contribution is 0.117. The average molecular weight is 431 g/mol. The molecule has 0 aromatic carbocycles. The first kappa shape index (κ1) is 21.2. The number of piperidine rings is 1. The maximum atomic E-state index is 15.6. The van der Waals surface area contributed by atoms with Gasteiger partial charge >= 0.3 is 6.03 Å². The molecule has 12 heteroatoms. The lowest BCUT2D eigenvalue weighted by Gasteiger charge is -2.37. The Hall–Kier alpha value is -2.50. The second kappa shape index (κ2) is 7.73. The molecule has 160 valence electrons. The van der Waals surface area contributed by atoms with Crippen molar-refractivity contribution < 1.29 is 26.5 Å². The summed E-state index contributed by atoms with van der Waals surface area (Å²) in [5.41, 5.74) is -0.305. The molecule has 1 unspecified atom stereocenters. The summed E-state index contributed by atoms with van der Waals surface area (Å²) in [6.07, 6.45) is 1.06. The van der Waals surface area contributed by atoms with Crippen LogP contribution in [0, 0.1) is 5.92 Å². The first-order valence-corrected chi connectivity index (χ1v) is 10.6. The van der Waals surface area contributed by atoms with Crippen LogP contribution in [-0.2, 0) is 16.9 Å². The molecule has 2 amide bonds.